The largest absolute Gasteiger partial charge is 0.475 e. The van der Waals surface area contributed by atoms with Gasteiger partial charge in [0.2, 0.25) is 5.82 Å². The summed E-state index contributed by atoms with van der Waals surface area (Å²) in [5.74, 6) is -1.63. The molecule has 0 spiro atoms. The van der Waals surface area contributed by atoms with E-state index in [4.69, 9.17) is 10.8 Å². The number of rotatable bonds is 1. The zero-order chi connectivity index (χ0) is 11.2. The summed E-state index contributed by atoms with van der Waals surface area (Å²) in [7, 11) is 0. The number of thiophene rings is 1. The van der Waals surface area contributed by atoms with Gasteiger partial charge in [-0.3, -0.25) is 4.79 Å². The number of aromatic carboxylic acids is 1. The van der Waals surface area contributed by atoms with Crippen molar-refractivity contribution < 1.29 is 9.90 Å². The van der Waals surface area contributed by atoms with Gasteiger partial charge in [0.05, 0.1) is 10.4 Å². The van der Waals surface area contributed by atoms with E-state index in [0.29, 0.717) is 20.8 Å². The van der Waals surface area contributed by atoms with Crippen LogP contribution in [0.4, 0.5) is 5.00 Å². The van der Waals surface area contributed by atoms with E-state index in [2.05, 4.69) is 9.97 Å². The molecular weight excluding hydrogens is 218 g/mol. The van der Waals surface area contributed by atoms with E-state index in [-0.39, 0.29) is 5.82 Å². The van der Waals surface area contributed by atoms with Crippen molar-refractivity contribution in [2.24, 2.45) is 0 Å². The summed E-state index contributed by atoms with van der Waals surface area (Å²) in [5.41, 5.74) is 5.80. The second-order valence-corrected chi connectivity index (χ2v) is 4.02. The summed E-state index contributed by atoms with van der Waals surface area (Å²) in [5, 5.41) is 9.53. The van der Waals surface area contributed by atoms with Crippen LogP contribution in [0.15, 0.2) is 4.79 Å². The van der Waals surface area contributed by atoms with Gasteiger partial charge in [0.25, 0.3) is 5.56 Å². The Balaban J connectivity index is 2.90. The number of aryl methyl sites for hydroxylation is 1. The van der Waals surface area contributed by atoms with Crippen molar-refractivity contribution in [3.63, 3.8) is 0 Å². The zero-order valence-corrected chi connectivity index (χ0v) is 8.51. The maximum absolute atomic E-state index is 11.5. The molecule has 2 aromatic heterocycles. The molecule has 0 amide bonds. The van der Waals surface area contributed by atoms with Gasteiger partial charge in [-0.1, -0.05) is 11.3 Å². The molecule has 0 bridgehead atoms. The number of carboxylic acid groups (broad SMARTS) is 1. The molecule has 0 saturated carbocycles. The number of nitrogens with one attached hydrogen (secondary N) is 1. The van der Waals surface area contributed by atoms with Gasteiger partial charge in [0.15, 0.2) is 0 Å². The number of nitrogen functional groups attached to an aromatic ring is 1. The molecule has 7 heteroatoms. The van der Waals surface area contributed by atoms with Crippen LogP contribution >= 0.6 is 11.3 Å². The standard InChI is InChI=1S/C8H7N3O3S/c1-2-3-6(12)10-5(8(13)14)11-7(3)15-4(2)9/h9H2,1H3,(H,13,14)(H,10,11,12). The fourth-order valence-corrected chi connectivity index (χ4v) is 2.21. The van der Waals surface area contributed by atoms with Crippen molar-refractivity contribution in [2.45, 2.75) is 6.92 Å². The van der Waals surface area contributed by atoms with Crippen molar-refractivity contribution in [1.82, 2.24) is 9.97 Å². The number of aromatic nitrogens is 2. The van der Waals surface area contributed by atoms with Crippen LogP contribution in [0.25, 0.3) is 10.2 Å². The number of fused-ring (bicyclic) bond motifs is 1. The number of carboxylic acids is 1. The fourth-order valence-electron chi connectivity index (χ4n) is 1.26. The van der Waals surface area contributed by atoms with Crippen molar-refractivity contribution in [3.8, 4) is 0 Å². The molecule has 0 atom stereocenters. The third-order valence-corrected chi connectivity index (χ3v) is 3.05. The third-order valence-electron chi connectivity index (χ3n) is 2.04. The van der Waals surface area contributed by atoms with Gasteiger partial charge in [0, 0.05) is 0 Å². The first-order valence-electron chi connectivity index (χ1n) is 4.03. The van der Waals surface area contributed by atoms with E-state index in [1.165, 1.54) is 0 Å². The van der Waals surface area contributed by atoms with Crippen LogP contribution in [0, 0.1) is 6.92 Å². The Morgan fingerprint density at radius 3 is 2.87 bits per heavy atom. The molecule has 0 unspecified atom stereocenters. The average molecular weight is 225 g/mol. The Morgan fingerprint density at radius 2 is 2.27 bits per heavy atom. The van der Waals surface area contributed by atoms with Crippen molar-refractivity contribution >= 4 is 32.5 Å². The van der Waals surface area contributed by atoms with E-state index in [0.717, 1.165) is 11.3 Å². The van der Waals surface area contributed by atoms with E-state index >= 15 is 0 Å². The Labute approximate surface area is 87.4 Å². The van der Waals surface area contributed by atoms with Crippen molar-refractivity contribution in [3.05, 3.63) is 21.7 Å². The number of H-pyrrole nitrogens is 1. The number of hydrogen-bond acceptors (Lipinski definition) is 5. The molecule has 2 aromatic rings. The molecule has 0 aromatic carbocycles. The highest BCUT2D eigenvalue weighted by molar-refractivity contribution is 7.22. The molecule has 0 saturated heterocycles. The summed E-state index contributed by atoms with van der Waals surface area (Å²) in [6.07, 6.45) is 0. The van der Waals surface area contributed by atoms with Crippen LogP contribution in [-0.2, 0) is 0 Å². The van der Waals surface area contributed by atoms with Crippen LogP contribution in [0.1, 0.15) is 16.2 Å². The van der Waals surface area contributed by atoms with E-state index < -0.39 is 11.5 Å². The molecule has 0 aliphatic carbocycles. The normalized spacial score (nSPS) is 10.7. The Kier molecular flexibility index (Phi) is 1.97. The predicted molar refractivity (Wildman–Crippen MR) is 56.3 cm³/mol. The first kappa shape index (κ1) is 9.66. The molecule has 0 aliphatic rings. The van der Waals surface area contributed by atoms with E-state index in [9.17, 15) is 9.59 Å². The lowest BCUT2D eigenvalue weighted by molar-refractivity contribution is 0.0683. The summed E-state index contributed by atoms with van der Waals surface area (Å²) in [6.45, 7) is 1.70. The summed E-state index contributed by atoms with van der Waals surface area (Å²) in [4.78, 5) is 28.5. The topological polar surface area (TPSA) is 109 Å². The monoisotopic (exact) mass is 225 g/mol. The summed E-state index contributed by atoms with van der Waals surface area (Å²) >= 11 is 1.11. The highest BCUT2D eigenvalue weighted by Gasteiger charge is 2.14. The molecule has 6 nitrogen and oxygen atoms in total. The van der Waals surface area contributed by atoms with E-state index in [1.54, 1.807) is 6.92 Å². The third kappa shape index (κ3) is 1.37. The molecule has 0 fully saturated rings. The minimum Gasteiger partial charge on any atom is -0.475 e. The first-order chi connectivity index (χ1) is 7.00. The van der Waals surface area contributed by atoms with Gasteiger partial charge in [-0.2, -0.15) is 0 Å². The molecule has 0 radical (unpaired) electrons. The second-order valence-electron chi connectivity index (χ2n) is 2.99. The number of hydrogen-bond donors (Lipinski definition) is 3. The Bertz CT molecular complexity index is 613. The number of aromatic amines is 1. The molecule has 15 heavy (non-hydrogen) atoms. The van der Waals surface area contributed by atoms with Crippen LogP contribution in [0.3, 0.4) is 0 Å². The molecule has 2 heterocycles. The fraction of sp³-hybridized carbons (Fsp3) is 0.125. The summed E-state index contributed by atoms with van der Waals surface area (Å²) < 4.78 is 0. The van der Waals surface area contributed by atoms with E-state index in [1.807, 2.05) is 0 Å². The van der Waals surface area contributed by atoms with Gasteiger partial charge in [-0.15, -0.1) is 0 Å². The number of carbonyl (C=O) groups is 1. The Hall–Kier alpha value is -1.89. The van der Waals surface area contributed by atoms with Crippen LogP contribution in [0.5, 0.6) is 0 Å². The maximum atomic E-state index is 11.5. The lowest BCUT2D eigenvalue weighted by atomic mass is 10.2. The molecule has 4 N–H and O–H groups in total. The minimum atomic E-state index is -1.27. The number of anilines is 1. The van der Waals surface area contributed by atoms with Crippen LogP contribution in [0.2, 0.25) is 0 Å². The first-order valence-corrected chi connectivity index (χ1v) is 4.84. The zero-order valence-electron chi connectivity index (χ0n) is 7.70. The van der Waals surface area contributed by atoms with Gasteiger partial charge < -0.3 is 15.8 Å². The van der Waals surface area contributed by atoms with Gasteiger partial charge in [-0.05, 0) is 12.5 Å². The van der Waals surface area contributed by atoms with Gasteiger partial charge in [0.1, 0.15) is 4.83 Å². The predicted octanol–water partition coefficient (Wildman–Crippen LogP) is 0.573. The summed E-state index contributed by atoms with van der Waals surface area (Å²) in [6, 6.07) is 0. The SMILES string of the molecule is Cc1c(N)sc2nc(C(=O)O)[nH]c(=O)c12. The smallest absolute Gasteiger partial charge is 0.372 e. The van der Waals surface area contributed by atoms with Gasteiger partial charge >= 0.3 is 5.97 Å². The lowest BCUT2D eigenvalue weighted by Gasteiger charge is -1.93. The number of nitrogens with zero attached hydrogens (tertiary/aromatic N) is 1. The second kappa shape index (κ2) is 3.06. The van der Waals surface area contributed by atoms with Crippen LogP contribution in [-0.4, -0.2) is 21.0 Å². The minimum absolute atomic E-state index is 0.353. The molecular formula is C8H7N3O3S. The number of nitrogens with two attached hydrogens (primary N) is 1. The van der Waals surface area contributed by atoms with Gasteiger partial charge in [-0.25, -0.2) is 9.78 Å². The maximum Gasteiger partial charge on any atom is 0.372 e. The Morgan fingerprint density at radius 1 is 1.60 bits per heavy atom. The van der Waals surface area contributed by atoms with Crippen molar-refractivity contribution in [1.29, 1.82) is 0 Å². The van der Waals surface area contributed by atoms with Crippen LogP contribution < -0.4 is 11.3 Å². The highest BCUT2D eigenvalue weighted by atomic mass is 32.1. The highest BCUT2D eigenvalue weighted by Crippen LogP contribution is 2.28. The lowest BCUT2D eigenvalue weighted by Crippen LogP contribution is -2.15. The molecule has 78 valence electrons. The molecule has 2 rings (SSSR count). The molecule has 0 aliphatic heterocycles. The average Bonchev–Trinajstić information content (AvgIpc) is 2.42. The van der Waals surface area contributed by atoms with Crippen molar-refractivity contribution in [2.75, 3.05) is 5.73 Å². The quantitative estimate of drug-likeness (QED) is 0.657.